The van der Waals surface area contributed by atoms with Gasteiger partial charge in [0.05, 0.1) is 6.42 Å². The van der Waals surface area contributed by atoms with Crippen molar-refractivity contribution in [1.29, 1.82) is 0 Å². The van der Waals surface area contributed by atoms with Crippen LogP contribution in [0.3, 0.4) is 0 Å². The van der Waals surface area contributed by atoms with Crippen LogP contribution in [-0.4, -0.2) is 41.8 Å². The van der Waals surface area contributed by atoms with Gasteiger partial charge in [-0.15, -0.1) is 0 Å². The molecule has 2 aromatic carbocycles. The van der Waals surface area contributed by atoms with Gasteiger partial charge in [0.2, 0.25) is 11.8 Å². The number of hydrogen-bond acceptors (Lipinski definition) is 4. The van der Waals surface area contributed by atoms with Gasteiger partial charge >= 0.3 is 0 Å². The molecule has 7 heteroatoms. The average Bonchev–Trinajstić information content (AvgIpc) is 3.30. The zero-order valence-electron chi connectivity index (χ0n) is 20.5. The minimum Gasteiger partial charge on any atom is -0.451 e. The summed E-state index contributed by atoms with van der Waals surface area (Å²) in [4.78, 5) is 39.6. The SMILES string of the molecule is CC(C)C(C)NC(=O)C1CCN(C(=O)Cc2ccc(NC(=O)c3cc4ccccc4o3)cc2)CC1. The highest BCUT2D eigenvalue weighted by Crippen LogP contribution is 2.21. The van der Waals surface area contributed by atoms with Crippen LogP contribution in [0.1, 0.15) is 49.7 Å². The molecule has 35 heavy (non-hydrogen) atoms. The van der Waals surface area contributed by atoms with Gasteiger partial charge in [0, 0.05) is 36.1 Å². The molecule has 1 atom stereocenters. The van der Waals surface area contributed by atoms with Crippen LogP contribution in [0.2, 0.25) is 0 Å². The Bertz CT molecular complexity index is 1160. The molecule has 3 aromatic rings. The standard InChI is InChI=1S/C28H33N3O4/c1-18(2)19(3)29-27(33)21-12-14-31(15-13-21)26(32)16-20-8-10-23(11-9-20)30-28(34)25-17-22-6-4-5-7-24(22)35-25/h4-11,17-19,21H,12-16H2,1-3H3,(H,29,33)(H,30,34). The summed E-state index contributed by atoms with van der Waals surface area (Å²) in [6.45, 7) is 7.40. The Morgan fingerprint density at radius 1 is 1.00 bits per heavy atom. The summed E-state index contributed by atoms with van der Waals surface area (Å²) in [6.07, 6.45) is 1.67. The highest BCUT2D eigenvalue weighted by molar-refractivity contribution is 6.04. The molecule has 7 nitrogen and oxygen atoms in total. The quantitative estimate of drug-likeness (QED) is 0.521. The molecule has 0 aliphatic carbocycles. The van der Waals surface area contributed by atoms with Crippen molar-refractivity contribution in [3.63, 3.8) is 0 Å². The van der Waals surface area contributed by atoms with Crippen LogP contribution in [0, 0.1) is 11.8 Å². The Kier molecular flexibility index (Phi) is 7.54. The van der Waals surface area contributed by atoms with E-state index in [2.05, 4.69) is 24.5 Å². The van der Waals surface area contributed by atoms with Gasteiger partial charge in [0.15, 0.2) is 5.76 Å². The summed E-state index contributed by atoms with van der Waals surface area (Å²) in [5.74, 6) is 0.443. The van der Waals surface area contributed by atoms with E-state index in [1.807, 2.05) is 48.2 Å². The number of piperidine rings is 1. The van der Waals surface area contributed by atoms with Crippen molar-refractivity contribution < 1.29 is 18.8 Å². The molecule has 4 rings (SSSR count). The van der Waals surface area contributed by atoms with E-state index in [1.165, 1.54) is 0 Å². The van der Waals surface area contributed by atoms with Crippen LogP contribution in [0.4, 0.5) is 5.69 Å². The largest absolute Gasteiger partial charge is 0.451 e. The fourth-order valence-corrected chi connectivity index (χ4v) is 4.18. The van der Waals surface area contributed by atoms with Gasteiger partial charge in [-0.05, 0) is 55.5 Å². The van der Waals surface area contributed by atoms with E-state index >= 15 is 0 Å². The topological polar surface area (TPSA) is 91.7 Å². The summed E-state index contributed by atoms with van der Waals surface area (Å²) >= 11 is 0. The lowest BCUT2D eigenvalue weighted by Crippen LogP contribution is -2.46. The molecule has 1 aliphatic rings. The van der Waals surface area contributed by atoms with Crippen molar-refractivity contribution in [3.8, 4) is 0 Å². The number of hydrogen-bond donors (Lipinski definition) is 2. The molecule has 0 saturated carbocycles. The molecule has 1 saturated heterocycles. The second kappa shape index (κ2) is 10.8. The summed E-state index contributed by atoms with van der Waals surface area (Å²) in [6, 6.07) is 16.6. The Morgan fingerprint density at radius 2 is 1.69 bits per heavy atom. The number of amides is 3. The Morgan fingerprint density at radius 3 is 2.34 bits per heavy atom. The van der Waals surface area contributed by atoms with E-state index in [4.69, 9.17) is 4.42 Å². The first kappa shape index (κ1) is 24.5. The third-order valence-corrected chi connectivity index (χ3v) is 6.80. The summed E-state index contributed by atoms with van der Waals surface area (Å²) in [5, 5.41) is 6.80. The van der Waals surface area contributed by atoms with Gasteiger partial charge in [0.1, 0.15) is 5.58 Å². The molecule has 184 valence electrons. The number of nitrogens with zero attached hydrogens (tertiary/aromatic N) is 1. The maximum atomic E-state index is 12.8. The zero-order valence-corrected chi connectivity index (χ0v) is 20.5. The normalized spacial score (nSPS) is 15.3. The van der Waals surface area contributed by atoms with E-state index in [0.717, 1.165) is 10.9 Å². The monoisotopic (exact) mass is 475 g/mol. The maximum Gasteiger partial charge on any atom is 0.291 e. The predicted octanol–water partition coefficient (Wildman–Crippen LogP) is 4.63. The second-order valence-corrected chi connectivity index (χ2v) is 9.67. The molecule has 2 heterocycles. The van der Waals surface area contributed by atoms with Gasteiger partial charge < -0.3 is 20.0 Å². The molecular formula is C28H33N3O4. The number of furan rings is 1. The van der Waals surface area contributed by atoms with Gasteiger partial charge in [-0.2, -0.15) is 0 Å². The molecule has 0 spiro atoms. The first-order valence-electron chi connectivity index (χ1n) is 12.3. The van der Waals surface area contributed by atoms with Crippen LogP contribution in [-0.2, 0) is 16.0 Å². The number of rotatable bonds is 7. The zero-order chi connectivity index (χ0) is 24.9. The third-order valence-electron chi connectivity index (χ3n) is 6.80. The van der Waals surface area contributed by atoms with Crippen LogP contribution in [0.5, 0.6) is 0 Å². The van der Waals surface area contributed by atoms with Crippen LogP contribution in [0.15, 0.2) is 59.0 Å². The van der Waals surface area contributed by atoms with E-state index in [9.17, 15) is 14.4 Å². The first-order valence-corrected chi connectivity index (χ1v) is 12.3. The summed E-state index contributed by atoms with van der Waals surface area (Å²) in [7, 11) is 0. The number of para-hydroxylation sites is 1. The van der Waals surface area contributed by atoms with Crippen molar-refractivity contribution in [1.82, 2.24) is 10.2 Å². The maximum absolute atomic E-state index is 12.8. The minimum absolute atomic E-state index is 0.0325. The lowest BCUT2D eigenvalue weighted by molar-refractivity contribution is -0.135. The Hall–Kier alpha value is -3.61. The van der Waals surface area contributed by atoms with Crippen LogP contribution < -0.4 is 10.6 Å². The Balaban J connectivity index is 1.26. The molecule has 1 aromatic heterocycles. The fraction of sp³-hybridized carbons (Fsp3) is 0.393. The van der Waals surface area contributed by atoms with Crippen molar-refractivity contribution in [2.45, 2.75) is 46.1 Å². The number of likely N-dealkylation sites (tertiary alicyclic amines) is 1. The van der Waals surface area contributed by atoms with E-state index in [1.54, 1.807) is 18.2 Å². The summed E-state index contributed by atoms with van der Waals surface area (Å²) < 4.78 is 5.61. The van der Waals surface area contributed by atoms with Gasteiger partial charge in [-0.1, -0.05) is 44.2 Å². The molecule has 3 amide bonds. The average molecular weight is 476 g/mol. The summed E-state index contributed by atoms with van der Waals surface area (Å²) in [5.41, 5.74) is 2.18. The fourth-order valence-electron chi connectivity index (χ4n) is 4.18. The van der Waals surface area contributed by atoms with Crippen LogP contribution in [0.25, 0.3) is 11.0 Å². The van der Waals surface area contributed by atoms with Crippen molar-refractivity contribution in [2.75, 3.05) is 18.4 Å². The molecule has 1 fully saturated rings. The Labute approximate surface area is 205 Å². The van der Waals surface area contributed by atoms with Crippen LogP contribution >= 0.6 is 0 Å². The second-order valence-electron chi connectivity index (χ2n) is 9.67. The van der Waals surface area contributed by atoms with Gasteiger partial charge in [0.25, 0.3) is 5.91 Å². The lowest BCUT2D eigenvalue weighted by Gasteiger charge is -2.32. The van der Waals surface area contributed by atoms with Crippen molar-refractivity contribution in [2.24, 2.45) is 11.8 Å². The highest BCUT2D eigenvalue weighted by Gasteiger charge is 2.28. The number of anilines is 1. The smallest absolute Gasteiger partial charge is 0.291 e. The number of nitrogens with one attached hydrogen (secondary N) is 2. The number of carbonyl (C=O) groups excluding carboxylic acids is 3. The number of carbonyl (C=O) groups is 3. The molecule has 1 unspecified atom stereocenters. The first-order chi connectivity index (χ1) is 16.8. The number of benzene rings is 2. The highest BCUT2D eigenvalue weighted by atomic mass is 16.3. The third kappa shape index (κ3) is 6.10. The van der Waals surface area contributed by atoms with Crippen molar-refractivity contribution in [3.05, 3.63) is 65.9 Å². The van der Waals surface area contributed by atoms with Gasteiger partial charge in [-0.25, -0.2) is 0 Å². The number of fused-ring (bicyclic) bond motifs is 1. The van der Waals surface area contributed by atoms with E-state index in [0.29, 0.717) is 49.5 Å². The molecule has 0 bridgehead atoms. The van der Waals surface area contributed by atoms with E-state index in [-0.39, 0.29) is 35.4 Å². The minimum atomic E-state index is -0.320. The molecule has 1 aliphatic heterocycles. The molecule has 2 N–H and O–H groups in total. The van der Waals surface area contributed by atoms with Crippen molar-refractivity contribution >= 4 is 34.4 Å². The molecule has 0 radical (unpaired) electrons. The van der Waals surface area contributed by atoms with Gasteiger partial charge in [-0.3, -0.25) is 14.4 Å². The predicted molar refractivity (Wildman–Crippen MR) is 136 cm³/mol. The molecular weight excluding hydrogens is 442 g/mol. The van der Waals surface area contributed by atoms with E-state index < -0.39 is 0 Å². The lowest BCUT2D eigenvalue weighted by atomic mass is 9.94.